The monoisotopic (exact) mass is 374 g/mol. The molecule has 0 spiro atoms. The largest absolute Gasteiger partial charge is 0.508 e. The fourth-order valence-electron chi connectivity index (χ4n) is 4.06. The second-order valence-corrected chi connectivity index (χ2v) is 9.18. The van der Waals surface area contributed by atoms with Crippen molar-refractivity contribution >= 4 is 30.8 Å². The van der Waals surface area contributed by atoms with Crippen LogP contribution in [-0.2, 0) is 0 Å². The van der Waals surface area contributed by atoms with Crippen LogP contribution in [0.15, 0.2) is 72.8 Å². The first-order valence-corrected chi connectivity index (χ1v) is 9.66. The maximum absolute atomic E-state index is 10.9. The van der Waals surface area contributed by atoms with Gasteiger partial charge in [0.05, 0.1) is 0 Å². The lowest BCUT2D eigenvalue weighted by molar-refractivity contribution is 0.446. The van der Waals surface area contributed by atoms with Crippen LogP contribution in [0, 0.1) is 0 Å². The summed E-state index contributed by atoms with van der Waals surface area (Å²) in [5.41, 5.74) is 1.69. The van der Waals surface area contributed by atoms with Gasteiger partial charge in [-0.1, -0.05) is 74.5 Å². The van der Waals surface area contributed by atoms with Crippen molar-refractivity contribution in [1.82, 2.24) is 0 Å². The molecule has 2 N–H and O–H groups in total. The molecule has 0 radical (unpaired) electrons. The van der Waals surface area contributed by atoms with E-state index in [1.54, 1.807) is 12.1 Å². The van der Waals surface area contributed by atoms with Crippen molar-refractivity contribution in [3.05, 3.63) is 83.9 Å². The van der Waals surface area contributed by atoms with E-state index >= 15 is 0 Å². The molecule has 2 nitrogen and oxygen atoms in total. The Morgan fingerprint density at radius 2 is 1.07 bits per heavy atom. The standard InChI is InChI=1S/C24H23O2P/c1-24(2,27)23(21-17-9-5-3-7-15(17)11-13-19(21)25)22-18-10-6-4-8-16(18)12-14-20(22)26/h3-14,23,25-26H,27H2,1-2H3. The molecular weight excluding hydrogens is 351 g/mol. The van der Waals surface area contributed by atoms with Crippen molar-refractivity contribution in [1.29, 1.82) is 0 Å². The summed E-state index contributed by atoms with van der Waals surface area (Å²) < 4.78 is 0. The lowest BCUT2D eigenvalue weighted by atomic mass is 9.77. The molecule has 0 amide bonds. The number of benzene rings is 4. The lowest BCUT2D eigenvalue weighted by Gasteiger charge is -2.34. The summed E-state index contributed by atoms with van der Waals surface area (Å²) in [5, 5.41) is 25.6. The molecule has 0 aliphatic heterocycles. The summed E-state index contributed by atoms with van der Waals surface area (Å²) in [6, 6.07) is 23.5. The number of hydrogen-bond acceptors (Lipinski definition) is 2. The Hall–Kier alpha value is -2.57. The van der Waals surface area contributed by atoms with Gasteiger partial charge in [-0.3, -0.25) is 0 Å². The molecule has 0 bridgehead atoms. The zero-order chi connectivity index (χ0) is 19.2. The summed E-state index contributed by atoms with van der Waals surface area (Å²) in [5.74, 6) is 0.294. The number of hydrogen-bond donors (Lipinski definition) is 2. The van der Waals surface area contributed by atoms with E-state index in [0.29, 0.717) is 0 Å². The van der Waals surface area contributed by atoms with Gasteiger partial charge in [0.15, 0.2) is 0 Å². The molecule has 0 fully saturated rings. The highest BCUT2D eigenvalue weighted by Crippen LogP contribution is 2.50. The maximum atomic E-state index is 10.9. The van der Waals surface area contributed by atoms with Gasteiger partial charge >= 0.3 is 0 Å². The van der Waals surface area contributed by atoms with Crippen molar-refractivity contribution in [2.45, 2.75) is 24.9 Å². The normalized spacial score (nSPS) is 12.1. The van der Waals surface area contributed by atoms with Gasteiger partial charge in [-0.2, -0.15) is 0 Å². The highest BCUT2D eigenvalue weighted by atomic mass is 31.0. The molecule has 4 rings (SSSR count). The molecule has 27 heavy (non-hydrogen) atoms. The molecular formula is C24H23O2P. The summed E-state index contributed by atoms with van der Waals surface area (Å²) in [7, 11) is 2.90. The van der Waals surface area contributed by atoms with E-state index in [-0.39, 0.29) is 22.6 Å². The highest BCUT2D eigenvalue weighted by Gasteiger charge is 2.34. The predicted octanol–water partition coefficient (Wildman–Crippen LogP) is 6.19. The molecule has 0 aliphatic rings. The molecule has 4 aromatic carbocycles. The SMILES string of the molecule is CC(C)(P)C(c1c(O)ccc2ccccc12)c1c(O)ccc2ccccc12. The summed E-state index contributed by atoms with van der Waals surface area (Å²) in [6.07, 6.45) is 0. The van der Waals surface area contributed by atoms with E-state index in [2.05, 4.69) is 23.1 Å². The third-order valence-electron chi connectivity index (χ3n) is 5.22. The van der Waals surface area contributed by atoms with Gasteiger partial charge in [-0.25, -0.2) is 0 Å². The third-order valence-corrected chi connectivity index (χ3v) is 5.55. The van der Waals surface area contributed by atoms with Crippen LogP contribution in [0.1, 0.15) is 30.9 Å². The maximum Gasteiger partial charge on any atom is 0.120 e. The molecule has 0 saturated heterocycles. The van der Waals surface area contributed by atoms with Crippen LogP contribution < -0.4 is 0 Å². The minimum absolute atomic E-state index is 0.209. The van der Waals surface area contributed by atoms with Crippen LogP contribution >= 0.6 is 9.24 Å². The number of rotatable bonds is 3. The second-order valence-electron chi connectivity index (χ2n) is 7.69. The molecule has 0 heterocycles. The quantitative estimate of drug-likeness (QED) is 0.420. The van der Waals surface area contributed by atoms with Crippen molar-refractivity contribution in [2.24, 2.45) is 0 Å². The smallest absolute Gasteiger partial charge is 0.120 e. The van der Waals surface area contributed by atoms with Gasteiger partial charge in [-0.15, -0.1) is 9.24 Å². The van der Waals surface area contributed by atoms with Crippen LogP contribution in [0.5, 0.6) is 11.5 Å². The van der Waals surface area contributed by atoms with Gasteiger partial charge in [0.1, 0.15) is 11.5 Å². The Morgan fingerprint density at radius 3 is 1.48 bits per heavy atom. The van der Waals surface area contributed by atoms with Gasteiger partial charge in [0.2, 0.25) is 0 Å². The average molecular weight is 374 g/mol. The van der Waals surface area contributed by atoms with Crippen molar-refractivity contribution in [2.75, 3.05) is 0 Å². The summed E-state index contributed by atoms with van der Waals surface area (Å²) in [6.45, 7) is 4.23. The average Bonchev–Trinajstić information content (AvgIpc) is 2.64. The van der Waals surface area contributed by atoms with E-state index in [4.69, 9.17) is 0 Å². The third kappa shape index (κ3) is 3.05. The molecule has 1 atom stereocenters. The van der Waals surface area contributed by atoms with Crippen LogP contribution in [0.2, 0.25) is 0 Å². The predicted molar refractivity (Wildman–Crippen MR) is 117 cm³/mol. The number of fused-ring (bicyclic) bond motifs is 2. The summed E-state index contributed by atoms with van der Waals surface area (Å²) >= 11 is 0. The van der Waals surface area contributed by atoms with Crippen LogP contribution in [0.4, 0.5) is 0 Å². The zero-order valence-corrected chi connectivity index (χ0v) is 16.6. The van der Waals surface area contributed by atoms with Crippen LogP contribution in [-0.4, -0.2) is 15.4 Å². The molecule has 3 heteroatoms. The van der Waals surface area contributed by atoms with E-state index in [0.717, 1.165) is 32.7 Å². The zero-order valence-electron chi connectivity index (χ0n) is 15.5. The van der Waals surface area contributed by atoms with Crippen molar-refractivity contribution in [3.63, 3.8) is 0 Å². The molecule has 0 aromatic heterocycles. The Kier molecular flexibility index (Phi) is 4.32. The fourth-order valence-corrected chi connectivity index (χ4v) is 4.40. The number of phenolic OH excluding ortho intramolecular Hbond substituents is 2. The molecule has 136 valence electrons. The van der Waals surface area contributed by atoms with Gasteiger partial charge in [-0.05, 0) is 38.8 Å². The molecule has 0 aliphatic carbocycles. The van der Waals surface area contributed by atoms with Crippen molar-refractivity contribution < 1.29 is 10.2 Å². The number of phenols is 2. The first kappa shape index (κ1) is 17.8. The Morgan fingerprint density at radius 1 is 0.667 bits per heavy atom. The van der Waals surface area contributed by atoms with Crippen LogP contribution in [0.3, 0.4) is 0 Å². The van der Waals surface area contributed by atoms with E-state index in [1.807, 2.05) is 60.7 Å². The van der Waals surface area contributed by atoms with Crippen molar-refractivity contribution in [3.8, 4) is 11.5 Å². The van der Waals surface area contributed by atoms with E-state index < -0.39 is 0 Å². The Balaban J connectivity index is 2.13. The first-order valence-electron chi connectivity index (χ1n) is 9.08. The highest BCUT2D eigenvalue weighted by molar-refractivity contribution is 7.19. The van der Waals surface area contributed by atoms with E-state index in [1.165, 1.54) is 0 Å². The minimum atomic E-state index is -0.302. The van der Waals surface area contributed by atoms with Gasteiger partial charge in [0.25, 0.3) is 0 Å². The van der Waals surface area contributed by atoms with Gasteiger partial charge in [0, 0.05) is 17.0 Å². The summed E-state index contributed by atoms with van der Waals surface area (Å²) in [4.78, 5) is 0. The number of aromatic hydroxyl groups is 2. The van der Waals surface area contributed by atoms with Gasteiger partial charge < -0.3 is 10.2 Å². The topological polar surface area (TPSA) is 40.5 Å². The lowest BCUT2D eigenvalue weighted by Crippen LogP contribution is -2.24. The Bertz CT molecular complexity index is 1060. The first-order chi connectivity index (χ1) is 12.9. The minimum Gasteiger partial charge on any atom is -0.508 e. The second kappa shape index (κ2) is 6.55. The Labute approximate surface area is 161 Å². The molecule has 4 aromatic rings. The molecule has 1 unspecified atom stereocenters. The van der Waals surface area contributed by atoms with E-state index in [9.17, 15) is 10.2 Å². The fraction of sp³-hybridized carbons (Fsp3) is 0.167. The van der Waals surface area contributed by atoms with Crippen LogP contribution in [0.25, 0.3) is 21.5 Å². The molecule has 0 saturated carbocycles.